The first-order chi connectivity index (χ1) is 8.66. The van der Waals surface area contributed by atoms with E-state index < -0.39 is 0 Å². The first kappa shape index (κ1) is 13.3. The Bertz CT molecular complexity index is 391. The highest BCUT2D eigenvalue weighted by atomic mass is 19.1. The van der Waals surface area contributed by atoms with Crippen molar-refractivity contribution in [3.05, 3.63) is 23.6 Å². The Kier molecular flexibility index (Phi) is 4.53. The number of aromatic nitrogens is 1. The van der Waals surface area contributed by atoms with Gasteiger partial charge in [-0.05, 0) is 18.4 Å². The molecule has 0 saturated heterocycles. The fourth-order valence-electron chi connectivity index (χ4n) is 1.74. The van der Waals surface area contributed by atoms with Crippen LogP contribution in [0, 0.1) is 11.7 Å². The number of nitrogens with zero attached hydrogens (tertiary/aromatic N) is 1. The molecule has 1 aromatic heterocycles. The second-order valence-corrected chi connectivity index (χ2v) is 5.21. The molecule has 3 nitrogen and oxygen atoms in total. The van der Waals surface area contributed by atoms with Crippen molar-refractivity contribution in [2.75, 3.05) is 6.61 Å². The molecule has 0 atom stereocenters. The monoisotopic (exact) mass is 252 g/mol. The van der Waals surface area contributed by atoms with E-state index >= 15 is 0 Å². The lowest BCUT2D eigenvalue weighted by Gasteiger charge is -2.11. The Morgan fingerprint density at radius 3 is 2.94 bits per heavy atom. The lowest BCUT2D eigenvalue weighted by Crippen LogP contribution is -2.22. The predicted octanol–water partition coefficient (Wildman–Crippen LogP) is 2.90. The zero-order valence-electron chi connectivity index (χ0n) is 11.1. The summed E-state index contributed by atoms with van der Waals surface area (Å²) < 4.78 is 19.5. The maximum atomic E-state index is 14.0. The summed E-state index contributed by atoms with van der Waals surface area (Å²) in [5.74, 6) is 0.596. The van der Waals surface area contributed by atoms with Crippen LogP contribution in [0.1, 0.15) is 38.7 Å². The summed E-state index contributed by atoms with van der Waals surface area (Å²) in [5, 5.41) is 3.19. The molecule has 0 aliphatic heterocycles. The molecule has 0 radical (unpaired) electrons. The van der Waals surface area contributed by atoms with Crippen LogP contribution in [0.25, 0.3) is 0 Å². The third-order valence-corrected chi connectivity index (χ3v) is 3.10. The Morgan fingerprint density at radius 2 is 2.28 bits per heavy atom. The third-order valence-electron chi connectivity index (χ3n) is 3.10. The molecular formula is C14H21FN2O. The lowest BCUT2D eigenvalue weighted by molar-refractivity contribution is 0.274. The topological polar surface area (TPSA) is 34.2 Å². The molecule has 0 amide bonds. The van der Waals surface area contributed by atoms with Crippen LogP contribution in [0.3, 0.4) is 0 Å². The van der Waals surface area contributed by atoms with Crippen LogP contribution in [-0.4, -0.2) is 17.6 Å². The number of nitrogens with one attached hydrogen (secondary N) is 1. The minimum Gasteiger partial charge on any atom is -0.476 e. The maximum Gasteiger partial charge on any atom is 0.250 e. The van der Waals surface area contributed by atoms with Gasteiger partial charge in [0.1, 0.15) is 0 Å². The van der Waals surface area contributed by atoms with E-state index in [1.54, 1.807) is 12.3 Å². The maximum absolute atomic E-state index is 14.0. The smallest absolute Gasteiger partial charge is 0.250 e. The van der Waals surface area contributed by atoms with Crippen molar-refractivity contribution in [3.63, 3.8) is 0 Å². The van der Waals surface area contributed by atoms with E-state index in [4.69, 9.17) is 4.74 Å². The molecule has 1 fully saturated rings. The van der Waals surface area contributed by atoms with Crippen molar-refractivity contribution < 1.29 is 9.13 Å². The summed E-state index contributed by atoms with van der Waals surface area (Å²) in [6, 6.07) is 2.02. The molecule has 0 aromatic carbocycles. The number of hydrogen-bond acceptors (Lipinski definition) is 3. The van der Waals surface area contributed by atoms with E-state index in [1.807, 2.05) is 13.8 Å². The number of rotatable bonds is 7. The quantitative estimate of drug-likeness (QED) is 0.810. The summed E-state index contributed by atoms with van der Waals surface area (Å²) in [6.45, 7) is 5.14. The second-order valence-electron chi connectivity index (χ2n) is 5.21. The number of pyridine rings is 1. The molecule has 1 N–H and O–H groups in total. The van der Waals surface area contributed by atoms with Gasteiger partial charge < -0.3 is 10.1 Å². The van der Waals surface area contributed by atoms with Crippen molar-refractivity contribution in [2.24, 2.45) is 5.92 Å². The molecule has 1 saturated carbocycles. The summed E-state index contributed by atoms with van der Waals surface area (Å²) >= 11 is 0. The van der Waals surface area contributed by atoms with Gasteiger partial charge >= 0.3 is 0 Å². The van der Waals surface area contributed by atoms with E-state index in [2.05, 4.69) is 10.3 Å². The molecule has 0 spiro atoms. The van der Waals surface area contributed by atoms with E-state index in [-0.39, 0.29) is 11.7 Å². The molecule has 0 unspecified atom stereocenters. The SMILES string of the molecule is CC(C)NCc1ccnc(OCCC2CC2)c1F. The van der Waals surface area contributed by atoms with Crippen LogP contribution in [0.5, 0.6) is 5.88 Å². The second kappa shape index (κ2) is 6.14. The van der Waals surface area contributed by atoms with Gasteiger partial charge in [-0.15, -0.1) is 0 Å². The minimum absolute atomic E-state index is 0.138. The molecule has 4 heteroatoms. The summed E-state index contributed by atoms with van der Waals surface area (Å²) in [6.07, 6.45) is 5.19. The normalized spacial score (nSPS) is 15.1. The summed E-state index contributed by atoms with van der Waals surface area (Å²) in [7, 11) is 0. The van der Waals surface area contributed by atoms with Gasteiger partial charge in [0.2, 0.25) is 0 Å². The van der Waals surface area contributed by atoms with Gasteiger partial charge in [-0.3, -0.25) is 0 Å². The zero-order chi connectivity index (χ0) is 13.0. The number of halogens is 1. The largest absolute Gasteiger partial charge is 0.476 e. The Balaban J connectivity index is 1.90. The van der Waals surface area contributed by atoms with Crippen LogP contribution in [-0.2, 0) is 6.54 Å². The van der Waals surface area contributed by atoms with E-state index in [9.17, 15) is 4.39 Å². The fourth-order valence-corrected chi connectivity index (χ4v) is 1.74. The van der Waals surface area contributed by atoms with E-state index in [0.29, 0.717) is 24.8 Å². The molecule has 1 aliphatic carbocycles. The van der Waals surface area contributed by atoms with Gasteiger partial charge in [-0.25, -0.2) is 9.37 Å². The highest BCUT2D eigenvalue weighted by molar-refractivity contribution is 5.23. The van der Waals surface area contributed by atoms with E-state index in [0.717, 1.165) is 12.3 Å². The minimum atomic E-state index is -0.332. The standard InChI is InChI=1S/C14H21FN2O/c1-10(2)17-9-12-5-7-16-14(13(12)15)18-8-6-11-3-4-11/h5,7,10-11,17H,3-4,6,8-9H2,1-2H3. The molecule has 1 aromatic rings. The van der Waals surface area contributed by atoms with Crippen molar-refractivity contribution in [1.29, 1.82) is 0 Å². The average Bonchev–Trinajstić information content (AvgIpc) is 3.13. The first-order valence-corrected chi connectivity index (χ1v) is 6.66. The molecule has 0 bridgehead atoms. The van der Waals surface area contributed by atoms with Gasteiger partial charge in [0, 0.05) is 24.3 Å². The molecule has 18 heavy (non-hydrogen) atoms. The van der Waals surface area contributed by atoms with Gasteiger partial charge in [0.25, 0.3) is 5.88 Å². The number of hydrogen-bond donors (Lipinski definition) is 1. The third kappa shape index (κ3) is 3.95. The van der Waals surface area contributed by atoms with E-state index in [1.165, 1.54) is 12.8 Å². The molecule has 1 aliphatic rings. The first-order valence-electron chi connectivity index (χ1n) is 6.66. The average molecular weight is 252 g/mol. The van der Waals surface area contributed by atoms with Crippen molar-refractivity contribution >= 4 is 0 Å². The molecule has 2 rings (SSSR count). The highest BCUT2D eigenvalue weighted by Gasteiger charge is 2.21. The van der Waals surface area contributed by atoms with Crippen LogP contribution < -0.4 is 10.1 Å². The Hall–Kier alpha value is -1.16. The van der Waals surface area contributed by atoms with Gasteiger partial charge in [-0.1, -0.05) is 26.7 Å². The Labute approximate surface area is 108 Å². The van der Waals surface area contributed by atoms with Crippen molar-refractivity contribution in [3.8, 4) is 5.88 Å². The van der Waals surface area contributed by atoms with Gasteiger partial charge in [0.15, 0.2) is 5.82 Å². The fraction of sp³-hybridized carbons (Fsp3) is 0.643. The predicted molar refractivity (Wildman–Crippen MR) is 69.0 cm³/mol. The molecular weight excluding hydrogens is 231 g/mol. The summed E-state index contributed by atoms with van der Waals surface area (Å²) in [5.41, 5.74) is 0.611. The highest BCUT2D eigenvalue weighted by Crippen LogP contribution is 2.32. The molecule has 100 valence electrons. The lowest BCUT2D eigenvalue weighted by atomic mass is 10.2. The van der Waals surface area contributed by atoms with Crippen LogP contribution >= 0.6 is 0 Å². The van der Waals surface area contributed by atoms with Crippen LogP contribution in [0.4, 0.5) is 4.39 Å². The van der Waals surface area contributed by atoms with Crippen LogP contribution in [0.15, 0.2) is 12.3 Å². The van der Waals surface area contributed by atoms with Crippen molar-refractivity contribution in [1.82, 2.24) is 10.3 Å². The van der Waals surface area contributed by atoms with Gasteiger partial charge in [0.05, 0.1) is 6.61 Å². The molecule has 1 heterocycles. The zero-order valence-corrected chi connectivity index (χ0v) is 11.1. The Morgan fingerprint density at radius 1 is 1.50 bits per heavy atom. The van der Waals surface area contributed by atoms with Gasteiger partial charge in [-0.2, -0.15) is 0 Å². The van der Waals surface area contributed by atoms with Crippen molar-refractivity contribution in [2.45, 2.75) is 45.7 Å². The number of ether oxygens (including phenoxy) is 1. The van der Waals surface area contributed by atoms with Crippen LogP contribution in [0.2, 0.25) is 0 Å². The summed E-state index contributed by atoms with van der Waals surface area (Å²) in [4.78, 5) is 3.96.